The summed E-state index contributed by atoms with van der Waals surface area (Å²) in [5.41, 5.74) is 1.40. The number of carbonyl (C=O) groups excluding carboxylic acids is 1. The first kappa shape index (κ1) is 17.8. The quantitative estimate of drug-likeness (QED) is 0.489. The highest BCUT2D eigenvalue weighted by molar-refractivity contribution is 14.1. The minimum Gasteiger partial charge on any atom is -0.489 e. The van der Waals surface area contributed by atoms with E-state index in [1.165, 1.54) is 0 Å². The van der Waals surface area contributed by atoms with Gasteiger partial charge in [0, 0.05) is 15.2 Å². The maximum absolute atomic E-state index is 12.4. The second kappa shape index (κ2) is 7.07. The second-order valence-electron chi connectivity index (χ2n) is 6.78. The number of carbonyl (C=O) groups is 1. The van der Waals surface area contributed by atoms with Gasteiger partial charge >= 0.3 is 6.09 Å². The molecule has 0 aliphatic carbocycles. The van der Waals surface area contributed by atoms with Crippen molar-refractivity contribution in [3.63, 3.8) is 0 Å². The van der Waals surface area contributed by atoms with Crippen LogP contribution in [0.2, 0.25) is 0 Å². The highest BCUT2D eigenvalue weighted by Crippen LogP contribution is 2.28. The van der Waals surface area contributed by atoms with E-state index in [9.17, 15) is 4.79 Å². The van der Waals surface area contributed by atoms with Crippen LogP contribution in [0.5, 0.6) is 5.75 Å². The molecule has 3 aromatic rings. The van der Waals surface area contributed by atoms with E-state index in [2.05, 4.69) is 22.6 Å². The topological polar surface area (TPSA) is 40.5 Å². The molecule has 0 amide bonds. The van der Waals surface area contributed by atoms with Gasteiger partial charge in [0.25, 0.3) is 0 Å². The molecule has 1 heterocycles. The van der Waals surface area contributed by atoms with Crippen molar-refractivity contribution < 1.29 is 14.3 Å². The van der Waals surface area contributed by atoms with E-state index in [-0.39, 0.29) is 6.09 Å². The molecule has 0 radical (unpaired) electrons. The lowest BCUT2D eigenvalue weighted by atomic mass is 10.2. The van der Waals surface area contributed by atoms with Gasteiger partial charge in [-0.05, 0) is 67.1 Å². The maximum Gasteiger partial charge on any atom is 0.419 e. The Morgan fingerprint density at radius 3 is 2.52 bits per heavy atom. The summed E-state index contributed by atoms with van der Waals surface area (Å²) >= 11 is 2.22. The minimum atomic E-state index is -0.530. The highest BCUT2D eigenvalue weighted by atomic mass is 127. The van der Waals surface area contributed by atoms with Crippen molar-refractivity contribution in [2.45, 2.75) is 33.0 Å². The molecule has 0 fully saturated rings. The van der Waals surface area contributed by atoms with Gasteiger partial charge in [-0.2, -0.15) is 0 Å². The molecule has 0 unspecified atom stereocenters. The first-order chi connectivity index (χ1) is 11.8. The van der Waals surface area contributed by atoms with Crippen molar-refractivity contribution in [1.29, 1.82) is 0 Å². The summed E-state index contributed by atoms with van der Waals surface area (Å²) < 4.78 is 13.9. The molecule has 3 rings (SSSR count). The summed E-state index contributed by atoms with van der Waals surface area (Å²) in [7, 11) is 0. The van der Waals surface area contributed by atoms with Crippen LogP contribution in [0, 0.1) is 3.57 Å². The molecule has 0 saturated heterocycles. The molecule has 0 saturated carbocycles. The minimum absolute atomic E-state index is 0.377. The molecule has 0 atom stereocenters. The van der Waals surface area contributed by atoms with Crippen LogP contribution in [0.15, 0.2) is 54.7 Å². The van der Waals surface area contributed by atoms with E-state index >= 15 is 0 Å². The Kier molecular flexibility index (Phi) is 5.03. The van der Waals surface area contributed by atoms with Gasteiger partial charge in [0.05, 0.1) is 5.52 Å². The van der Waals surface area contributed by atoms with Crippen molar-refractivity contribution in [3.05, 3.63) is 63.9 Å². The molecule has 0 aliphatic rings. The normalized spacial score (nSPS) is 11.5. The van der Waals surface area contributed by atoms with E-state index in [0.29, 0.717) is 6.61 Å². The average molecular weight is 449 g/mol. The first-order valence-electron chi connectivity index (χ1n) is 8.04. The predicted molar refractivity (Wildman–Crippen MR) is 107 cm³/mol. The molecule has 0 spiro atoms. The third-order valence-electron chi connectivity index (χ3n) is 3.57. The lowest BCUT2D eigenvalue weighted by Gasteiger charge is -2.19. The number of rotatable bonds is 3. The smallest absolute Gasteiger partial charge is 0.419 e. The number of fused-ring (bicyclic) bond motifs is 1. The van der Waals surface area contributed by atoms with Gasteiger partial charge in [0.1, 0.15) is 18.0 Å². The fraction of sp³-hybridized carbons (Fsp3) is 0.250. The third-order valence-corrected chi connectivity index (χ3v) is 4.43. The fourth-order valence-electron chi connectivity index (χ4n) is 2.46. The Morgan fingerprint density at radius 1 is 1.12 bits per heavy atom. The summed E-state index contributed by atoms with van der Waals surface area (Å²) in [5, 5.41) is 0.969. The van der Waals surface area contributed by atoms with Crippen LogP contribution < -0.4 is 4.74 Å². The Hall–Kier alpha value is -2.02. The molecule has 1 aromatic heterocycles. The molecule has 0 aliphatic heterocycles. The van der Waals surface area contributed by atoms with Crippen LogP contribution >= 0.6 is 22.6 Å². The number of nitrogens with zero attached hydrogens (tertiary/aromatic N) is 1. The largest absolute Gasteiger partial charge is 0.489 e. The first-order valence-corrected chi connectivity index (χ1v) is 9.12. The second-order valence-corrected chi connectivity index (χ2v) is 7.94. The molecule has 25 heavy (non-hydrogen) atoms. The lowest BCUT2D eigenvalue weighted by Crippen LogP contribution is -2.26. The van der Waals surface area contributed by atoms with E-state index < -0.39 is 5.60 Å². The van der Waals surface area contributed by atoms with Crippen LogP contribution in [0.25, 0.3) is 10.9 Å². The zero-order chi connectivity index (χ0) is 18.0. The van der Waals surface area contributed by atoms with Gasteiger partial charge < -0.3 is 9.47 Å². The number of aromatic nitrogens is 1. The Bertz CT molecular complexity index is 894. The van der Waals surface area contributed by atoms with Gasteiger partial charge in [-0.25, -0.2) is 4.79 Å². The van der Waals surface area contributed by atoms with Gasteiger partial charge in [-0.3, -0.25) is 4.57 Å². The predicted octanol–water partition coefficient (Wildman–Crippen LogP) is 5.61. The zero-order valence-electron chi connectivity index (χ0n) is 14.5. The summed E-state index contributed by atoms with van der Waals surface area (Å²) in [6.45, 7) is 6.08. The van der Waals surface area contributed by atoms with Crippen LogP contribution in [0.1, 0.15) is 26.3 Å². The van der Waals surface area contributed by atoms with Gasteiger partial charge in [0.15, 0.2) is 0 Å². The molecular weight excluding hydrogens is 429 g/mol. The number of halogens is 1. The van der Waals surface area contributed by atoms with Crippen molar-refractivity contribution in [3.8, 4) is 5.75 Å². The van der Waals surface area contributed by atoms with Gasteiger partial charge in [-0.1, -0.05) is 30.3 Å². The number of ether oxygens (including phenoxy) is 2. The van der Waals surface area contributed by atoms with E-state index in [1.54, 1.807) is 10.8 Å². The van der Waals surface area contributed by atoms with E-state index in [0.717, 1.165) is 25.8 Å². The Balaban J connectivity index is 1.84. The highest BCUT2D eigenvalue weighted by Gasteiger charge is 2.20. The maximum atomic E-state index is 12.4. The molecule has 2 aromatic carbocycles. The lowest BCUT2D eigenvalue weighted by molar-refractivity contribution is 0.0544. The average Bonchev–Trinajstić information content (AvgIpc) is 2.89. The molecule has 0 bridgehead atoms. The van der Waals surface area contributed by atoms with Crippen molar-refractivity contribution in [1.82, 2.24) is 4.57 Å². The van der Waals surface area contributed by atoms with Crippen molar-refractivity contribution >= 4 is 39.6 Å². The van der Waals surface area contributed by atoms with Gasteiger partial charge in [0.2, 0.25) is 0 Å². The fourth-order valence-corrected chi connectivity index (χ4v) is 3.17. The van der Waals surface area contributed by atoms with Gasteiger partial charge in [-0.15, -0.1) is 0 Å². The van der Waals surface area contributed by atoms with Crippen LogP contribution in [-0.4, -0.2) is 16.3 Å². The third kappa shape index (κ3) is 4.34. The zero-order valence-corrected chi connectivity index (χ0v) is 16.6. The molecule has 5 heteroatoms. The van der Waals surface area contributed by atoms with Crippen molar-refractivity contribution in [2.24, 2.45) is 0 Å². The monoisotopic (exact) mass is 449 g/mol. The molecule has 4 nitrogen and oxygen atoms in total. The standard InChI is InChI=1S/C20H20INO3/c1-20(2,3)25-19(23)22-12-17(21)16-11-15(9-10-18(16)22)24-13-14-7-5-4-6-8-14/h4-12H,13H2,1-3H3. The Labute approximate surface area is 160 Å². The SMILES string of the molecule is CC(C)(C)OC(=O)n1cc(I)c2cc(OCc3ccccc3)ccc21. The molecule has 130 valence electrons. The van der Waals surface area contributed by atoms with E-state index in [4.69, 9.17) is 9.47 Å². The van der Waals surface area contributed by atoms with Crippen LogP contribution in [-0.2, 0) is 11.3 Å². The molecular formula is C20H20INO3. The number of hydrogen-bond acceptors (Lipinski definition) is 3. The summed E-state index contributed by atoms with van der Waals surface area (Å²) in [6, 6.07) is 15.8. The van der Waals surface area contributed by atoms with Crippen LogP contribution in [0.3, 0.4) is 0 Å². The van der Waals surface area contributed by atoms with E-state index in [1.807, 2.05) is 69.3 Å². The number of hydrogen-bond donors (Lipinski definition) is 0. The summed E-state index contributed by atoms with van der Waals surface area (Å²) in [6.07, 6.45) is 1.42. The molecule has 0 N–H and O–H groups in total. The Morgan fingerprint density at radius 2 is 1.84 bits per heavy atom. The summed E-state index contributed by atoms with van der Waals surface area (Å²) in [5.74, 6) is 0.774. The summed E-state index contributed by atoms with van der Waals surface area (Å²) in [4.78, 5) is 12.4. The van der Waals surface area contributed by atoms with Crippen LogP contribution in [0.4, 0.5) is 4.79 Å². The number of benzene rings is 2. The van der Waals surface area contributed by atoms with Crippen molar-refractivity contribution in [2.75, 3.05) is 0 Å².